The summed E-state index contributed by atoms with van der Waals surface area (Å²) < 4.78 is 21.9. The molecule has 0 spiro atoms. The molecule has 23 nitrogen and oxygen atoms in total. The van der Waals surface area contributed by atoms with E-state index in [1.165, 1.54) is 24.5 Å². The van der Waals surface area contributed by atoms with Gasteiger partial charge < -0.3 is 35.4 Å². The summed E-state index contributed by atoms with van der Waals surface area (Å²) >= 11 is 2.29. The Morgan fingerprint density at radius 3 is 1.42 bits per heavy atom. The fraction of sp³-hybridized carbons (Fsp3) is 0.422. The topological polar surface area (TPSA) is 300 Å². The number of amides is 4. The standard InChI is InChI=1S/C23H30N6O5S.C22H28N6O5S.Li.H2O/c1-7-29-16(12-14(2)27-29)18(30)26-21-25-15-13-17(20(31)33-6)35-19(15)28(21)11-9-8-10-24-22(32)34-23(3,4)5;1-6-28-15(11-13(2)26-28)17(29)25-20-24-14-12-16(19(30)31)34-18(14)27(20)10-8-7-9-23-21(32)33-22(3,4)5;;/h8-9,12-13H,7,10-11H2,1-6H3,(H,24,32)(H,25,26,30);7-8,11-12H,6,9-10H2,1-5H3,(H,23,32)(H,30,31)(H,24,25,29);;1H2/q;;+1;/p-1/b9-8+;8-7+;;. The number of nitrogens with one attached hydrogen (secondary N) is 4. The van der Waals surface area contributed by atoms with Crippen LogP contribution < -0.4 is 40.1 Å². The Bertz CT molecular complexity index is 2910. The van der Waals surface area contributed by atoms with Crippen molar-refractivity contribution >= 4 is 91.2 Å². The first-order chi connectivity index (χ1) is 32.5. The van der Waals surface area contributed by atoms with Gasteiger partial charge in [0.15, 0.2) is 0 Å². The summed E-state index contributed by atoms with van der Waals surface area (Å²) in [6.45, 7) is 20.4. The van der Waals surface area contributed by atoms with Crippen molar-refractivity contribution in [1.82, 2.24) is 49.3 Å². The van der Waals surface area contributed by atoms with Gasteiger partial charge in [0, 0.05) is 39.3 Å². The van der Waals surface area contributed by atoms with Gasteiger partial charge in [0.1, 0.15) is 53.0 Å². The number of allylic oxidation sites excluding steroid dienone is 2. The molecule has 6 N–H and O–H groups in total. The van der Waals surface area contributed by atoms with E-state index in [4.69, 9.17) is 14.2 Å². The van der Waals surface area contributed by atoms with Crippen LogP contribution in [0.15, 0.2) is 48.6 Å². The zero-order valence-corrected chi connectivity index (χ0v) is 43.5. The first-order valence-electron chi connectivity index (χ1n) is 21.8. The molecule has 0 aromatic carbocycles. The molecule has 4 amide bonds. The molecule has 6 aromatic rings. The number of carboxylic acid groups (broad SMARTS) is 1. The number of rotatable bonds is 16. The third-order valence-corrected chi connectivity index (χ3v) is 11.5. The quantitative estimate of drug-likeness (QED) is 0.0392. The maximum atomic E-state index is 13.0. The number of imidazole rings is 2. The molecular weight excluding hydrogens is 956 g/mol. The number of aryl methyl sites for hydroxylation is 4. The SMILES string of the molecule is CCn1nc(C)cc1C(=O)Nc1nc2cc(C(=O)O)sc2n1C/C=C/CNC(=O)OC(C)(C)C.CCn1nc(C)cc1C(=O)Nc1nc2cc(C(=O)OC)sc2n1C/C=C/CNC(=O)OC(C)(C)C.[Li+].[OH-]. The third kappa shape index (κ3) is 16.1. The fourth-order valence-corrected chi connectivity index (χ4v) is 8.35. The first kappa shape index (κ1) is 58.5. The van der Waals surface area contributed by atoms with Crippen molar-refractivity contribution in [2.75, 3.05) is 30.8 Å². The first-order valence-corrected chi connectivity index (χ1v) is 23.4. The molecule has 0 aliphatic rings. The summed E-state index contributed by atoms with van der Waals surface area (Å²) in [5, 5.41) is 28.9. The Balaban J connectivity index is 0.000000365. The third-order valence-electron chi connectivity index (χ3n) is 9.19. The second kappa shape index (κ2) is 25.4. The number of anilines is 2. The number of methoxy groups -OCH3 is 1. The van der Waals surface area contributed by atoms with Crippen LogP contribution in [0, 0.1) is 13.8 Å². The van der Waals surface area contributed by atoms with Gasteiger partial charge in [0.25, 0.3) is 11.8 Å². The number of carboxylic acids is 1. The van der Waals surface area contributed by atoms with Crippen LogP contribution in [0.4, 0.5) is 21.5 Å². The van der Waals surface area contributed by atoms with Gasteiger partial charge in [-0.15, -0.1) is 22.7 Å². The van der Waals surface area contributed by atoms with Gasteiger partial charge in [-0.3, -0.25) is 38.7 Å². The van der Waals surface area contributed by atoms with Gasteiger partial charge in [0.2, 0.25) is 11.9 Å². The van der Waals surface area contributed by atoms with Crippen molar-refractivity contribution in [3.05, 3.63) is 81.1 Å². The number of esters is 1. The number of aromatic nitrogens is 8. The van der Waals surface area contributed by atoms with E-state index in [1.54, 1.807) is 96.5 Å². The van der Waals surface area contributed by atoms with E-state index in [9.17, 15) is 33.9 Å². The van der Waals surface area contributed by atoms with E-state index in [0.717, 1.165) is 22.7 Å². The second-order valence-corrected chi connectivity index (χ2v) is 19.1. The maximum Gasteiger partial charge on any atom is 1.00 e. The van der Waals surface area contributed by atoms with Crippen LogP contribution in [-0.2, 0) is 40.4 Å². The van der Waals surface area contributed by atoms with E-state index in [2.05, 4.69) is 41.4 Å². The number of carbonyl (C=O) groups is 6. The zero-order valence-electron chi connectivity index (χ0n) is 41.8. The van der Waals surface area contributed by atoms with Crippen molar-refractivity contribution in [3.8, 4) is 0 Å². The summed E-state index contributed by atoms with van der Waals surface area (Å²) in [6, 6.07) is 6.51. The molecule has 0 aliphatic heterocycles. The smallest absolute Gasteiger partial charge is 0.870 e. The fourth-order valence-electron chi connectivity index (χ4n) is 6.38. The number of hydrogen-bond donors (Lipinski definition) is 5. The van der Waals surface area contributed by atoms with Crippen molar-refractivity contribution in [2.24, 2.45) is 0 Å². The number of thiophene rings is 2. The van der Waals surface area contributed by atoms with Gasteiger partial charge in [-0.2, -0.15) is 10.2 Å². The zero-order chi connectivity index (χ0) is 50.8. The van der Waals surface area contributed by atoms with Crippen LogP contribution in [0.2, 0.25) is 0 Å². The molecular formula is C45H59LiN12O11S2. The van der Waals surface area contributed by atoms with Crippen molar-refractivity contribution in [2.45, 2.75) is 107 Å². The summed E-state index contributed by atoms with van der Waals surface area (Å²) in [5.41, 5.74) is 2.16. The van der Waals surface area contributed by atoms with E-state index in [-0.39, 0.29) is 60.1 Å². The number of alkyl carbamates (subject to hydrolysis) is 2. The number of carbonyl (C=O) groups excluding carboxylic acids is 5. The van der Waals surface area contributed by atoms with Gasteiger partial charge in [-0.05, 0) is 93.5 Å². The Morgan fingerprint density at radius 1 is 0.662 bits per heavy atom. The van der Waals surface area contributed by atoms with Crippen LogP contribution in [-0.4, -0.2) is 117 Å². The normalized spacial score (nSPS) is 11.4. The molecule has 0 bridgehead atoms. The maximum absolute atomic E-state index is 13.0. The Hall–Kier alpha value is -6.78. The molecule has 0 unspecified atom stereocenters. The Labute approximate surface area is 429 Å². The van der Waals surface area contributed by atoms with E-state index in [1.807, 2.05) is 33.8 Å². The van der Waals surface area contributed by atoms with Crippen molar-refractivity contribution in [1.29, 1.82) is 0 Å². The Morgan fingerprint density at radius 2 is 1.06 bits per heavy atom. The predicted octanol–water partition coefficient (Wildman–Crippen LogP) is 4.22. The van der Waals surface area contributed by atoms with Crippen molar-refractivity contribution < 1.29 is 72.4 Å². The molecule has 0 saturated heterocycles. The van der Waals surface area contributed by atoms with Crippen LogP contribution in [0.25, 0.3) is 20.7 Å². The Kier molecular flexibility index (Phi) is 20.9. The number of ether oxygens (including phenoxy) is 3. The minimum atomic E-state index is -1.04. The van der Waals surface area contributed by atoms with Gasteiger partial charge in [-0.1, -0.05) is 24.3 Å². The number of fused-ring (bicyclic) bond motifs is 2. The molecule has 71 heavy (non-hydrogen) atoms. The summed E-state index contributed by atoms with van der Waals surface area (Å²) in [4.78, 5) is 83.6. The monoisotopic (exact) mass is 1010 g/mol. The minimum absolute atomic E-state index is 0. The second-order valence-electron chi connectivity index (χ2n) is 17.1. The molecule has 26 heteroatoms. The minimum Gasteiger partial charge on any atom is -0.870 e. The number of hydrogen-bond acceptors (Lipinski definition) is 16. The average Bonchev–Trinajstić information content (AvgIpc) is 4.11. The summed E-state index contributed by atoms with van der Waals surface area (Å²) in [6.07, 6.45) is 6.08. The van der Waals surface area contributed by atoms with Crippen molar-refractivity contribution in [3.63, 3.8) is 0 Å². The molecule has 378 valence electrons. The molecule has 6 aromatic heterocycles. The van der Waals surface area contributed by atoms with Gasteiger partial charge in [-0.25, -0.2) is 29.1 Å². The summed E-state index contributed by atoms with van der Waals surface area (Å²) in [5.74, 6) is -1.58. The molecule has 6 rings (SSSR count). The van der Waals surface area contributed by atoms with E-state index < -0.39 is 35.3 Å². The molecule has 0 atom stereocenters. The number of aromatic carboxylic acids is 1. The van der Waals surface area contributed by atoms with Gasteiger partial charge in [0.05, 0.1) is 18.5 Å². The van der Waals surface area contributed by atoms with Crippen LogP contribution in [0.1, 0.15) is 107 Å². The van der Waals surface area contributed by atoms with Crippen LogP contribution in [0.3, 0.4) is 0 Å². The molecule has 0 radical (unpaired) electrons. The number of nitrogens with zero attached hydrogens (tertiary/aromatic N) is 8. The largest absolute Gasteiger partial charge is 1.00 e. The molecule has 0 saturated carbocycles. The average molecular weight is 1020 g/mol. The van der Waals surface area contributed by atoms with Crippen LogP contribution in [0.5, 0.6) is 0 Å². The predicted molar refractivity (Wildman–Crippen MR) is 263 cm³/mol. The molecule has 0 fully saturated rings. The molecule has 0 aliphatic carbocycles. The summed E-state index contributed by atoms with van der Waals surface area (Å²) in [7, 11) is 1.32. The van der Waals surface area contributed by atoms with Crippen LogP contribution >= 0.6 is 22.7 Å². The molecule has 6 heterocycles. The van der Waals surface area contributed by atoms with E-state index >= 15 is 0 Å². The van der Waals surface area contributed by atoms with E-state index in [0.29, 0.717) is 69.1 Å². The van der Waals surface area contributed by atoms with Gasteiger partial charge >= 0.3 is 43.0 Å².